The van der Waals surface area contributed by atoms with E-state index < -0.39 is 0 Å². The predicted molar refractivity (Wildman–Crippen MR) is 100 cm³/mol. The Hall–Kier alpha value is -2.70. The number of hydrogen-bond donors (Lipinski definition) is 1. The van der Waals surface area contributed by atoms with Crippen LogP contribution in [0.15, 0.2) is 65.8 Å². The molecule has 1 aliphatic rings. The summed E-state index contributed by atoms with van der Waals surface area (Å²) in [5.74, 6) is 0. The lowest BCUT2D eigenvalue weighted by atomic mass is 10.2. The molecule has 120 valence electrons. The number of quaternary nitrogens is 1. The molecule has 0 aliphatic carbocycles. The topological polar surface area (TPSA) is 40.5 Å². The summed E-state index contributed by atoms with van der Waals surface area (Å²) in [5.41, 5.74) is 6.38. The number of nitrogens with one attached hydrogen (secondary N) is 1. The second-order valence-corrected chi connectivity index (χ2v) is 6.78. The van der Waals surface area contributed by atoms with Gasteiger partial charge in [0.2, 0.25) is 0 Å². The number of hydrogen-bond acceptors (Lipinski definition) is 5. The van der Waals surface area contributed by atoms with E-state index in [2.05, 4.69) is 36.6 Å². The highest BCUT2D eigenvalue weighted by Gasteiger charge is 2.47. The lowest BCUT2D eigenvalue weighted by molar-refractivity contribution is 0.381. The highest BCUT2D eigenvalue weighted by atomic mass is 32.1. The van der Waals surface area contributed by atoms with Crippen molar-refractivity contribution in [1.82, 2.24) is 15.1 Å². The minimum atomic E-state index is 0.189. The number of para-hydroxylation sites is 2. The second kappa shape index (κ2) is 5.74. The standard InChI is InChI=1S/C18H18N5S/c1-14-15(2)24-18(21-14)22-19-13-20-23(22,16-9-5-3-6-10-16)17-11-7-4-8-12-17/h3-13H,1-2H3,(H,19,20)/q+1. The van der Waals surface area contributed by atoms with E-state index >= 15 is 0 Å². The molecule has 0 atom stereocenters. The van der Waals surface area contributed by atoms with Gasteiger partial charge in [-0.3, -0.25) is 0 Å². The third kappa shape index (κ3) is 2.19. The third-order valence-electron chi connectivity index (χ3n) is 4.13. The van der Waals surface area contributed by atoms with Gasteiger partial charge < -0.3 is 0 Å². The minimum absolute atomic E-state index is 0.189. The third-order valence-corrected chi connectivity index (χ3v) is 5.17. The predicted octanol–water partition coefficient (Wildman–Crippen LogP) is 4.28. The summed E-state index contributed by atoms with van der Waals surface area (Å²) in [5, 5.41) is 7.68. The number of nitrogens with zero attached hydrogens (tertiary/aromatic N) is 4. The first-order valence-electron chi connectivity index (χ1n) is 7.77. The molecule has 3 aromatic rings. The summed E-state index contributed by atoms with van der Waals surface area (Å²) >= 11 is 1.66. The SMILES string of the molecule is Cc1nc(N2NC=N[N+]2(c2ccccc2)c2ccccc2)sc1C. The van der Waals surface area contributed by atoms with E-state index in [1.54, 1.807) is 17.7 Å². The van der Waals surface area contributed by atoms with Gasteiger partial charge in [-0.2, -0.15) is 0 Å². The zero-order chi connectivity index (χ0) is 16.6. The van der Waals surface area contributed by atoms with Crippen molar-refractivity contribution in [2.45, 2.75) is 13.8 Å². The minimum Gasteiger partial charge on any atom is -0.233 e. The highest BCUT2D eigenvalue weighted by molar-refractivity contribution is 7.15. The molecule has 0 spiro atoms. The molecule has 2 heterocycles. The number of rotatable bonds is 3. The maximum Gasteiger partial charge on any atom is 0.262 e. The van der Waals surface area contributed by atoms with Crippen LogP contribution in [0.5, 0.6) is 0 Å². The lowest BCUT2D eigenvalue weighted by Crippen LogP contribution is -2.55. The Kier molecular flexibility index (Phi) is 3.55. The van der Waals surface area contributed by atoms with Crippen molar-refractivity contribution in [3.05, 3.63) is 71.2 Å². The summed E-state index contributed by atoms with van der Waals surface area (Å²) in [4.78, 5) is 5.93. The molecule has 0 unspecified atom stereocenters. The number of benzene rings is 2. The molecule has 24 heavy (non-hydrogen) atoms. The lowest BCUT2D eigenvalue weighted by Gasteiger charge is -2.33. The van der Waals surface area contributed by atoms with Gasteiger partial charge in [0, 0.05) is 29.1 Å². The van der Waals surface area contributed by atoms with Gasteiger partial charge in [0.15, 0.2) is 17.7 Å². The van der Waals surface area contributed by atoms with Crippen LogP contribution in [0.25, 0.3) is 0 Å². The highest BCUT2D eigenvalue weighted by Crippen LogP contribution is 2.41. The Bertz CT molecular complexity index is 814. The molecule has 1 N–H and O–H groups in total. The molecular formula is C18H18N5S+. The van der Waals surface area contributed by atoms with Gasteiger partial charge in [-0.05, 0) is 23.6 Å². The molecule has 6 heteroatoms. The zero-order valence-corrected chi connectivity index (χ0v) is 14.4. The van der Waals surface area contributed by atoms with E-state index in [-0.39, 0.29) is 4.70 Å². The van der Waals surface area contributed by atoms with E-state index in [1.807, 2.05) is 48.4 Å². The van der Waals surface area contributed by atoms with Crippen LogP contribution in [0, 0.1) is 13.8 Å². The maximum absolute atomic E-state index is 4.80. The summed E-state index contributed by atoms with van der Waals surface area (Å²) in [7, 11) is 0. The number of thiazole rings is 1. The molecule has 0 amide bonds. The van der Waals surface area contributed by atoms with Crippen molar-refractivity contribution in [2.24, 2.45) is 5.10 Å². The Morgan fingerprint density at radius 2 is 1.50 bits per heavy atom. The fourth-order valence-corrected chi connectivity index (χ4v) is 3.72. The van der Waals surface area contributed by atoms with E-state index in [0.717, 1.165) is 22.2 Å². The van der Waals surface area contributed by atoms with Crippen molar-refractivity contribution in [1.29, 1.82) is 0 Å². The van der Waals surface area contributed by atoms with Crippen molar-refractivity contribution in [3.63, 3.8) is 0 Å². The fourth-order valence-electron chi connectivity index (χ4n) is 2.81. The summed E-state index contributed by atoms with van der Waals surface area (Å²) in [6, 6.07) is 20.5. The van der Waals surface area contributed by atoms with Crippen LogP contribution in [0.4, 0.5) is 16.5 Å². The average molecular weight is 336 g/mol. The largest absolute Gasteiger partial charge is 0.262 e. The van der Waals surface area contributed by atoms with Crippen molar-refractivity contribution in [2.75, 3.05) is 5.12 Å². The smallest absolute Gasteiger partial charge is 0.233 e. The monoisotopic (exact) mass is 336 g/mol. The van der Waals surface area contributed by atoms with Gasteiger partial charge in [0.1, 0.15) is 0 Å². The van der Waals surface area contributed by atoms with E-state index in [9.17, 15) is 0 Å². The molecule has 1 aliphatic heterocycles. The molecule has 0 saturated carbocycles. The van der Waals surface area contributed by atoms with Crippen LogP contribution in [-0.2, 0) is 0 Å². The van der Waals surface area contributed by atoms with Crippen molar-refractivity contribution in [3.8, 4) is 0 Å². The van der Waals surface area contributed by atoms with E-state index in [1.165, 1.54) is 4.88 Å². The molecule has 0 fully saturated rings. The van der Waals surface area contributed by atoms with Crippen molar-refractivity contribution < 1.29 is 0 Å². The molecule has 4 rings (SSSR count). The summed E-state index contributed by atoms with van der Waals surface area (Å²) in [6.45, 7) is 4.12. The quantitative estimate of drug-likeness (QED) is 0.726. The molecule has 2 aromatic carbocycles. The van der Waals surface area contributed by atoms with Gasteiger partial charge in [0.05, 0.1) is 5.69 Å². The van der Waals surface area contributed by atoms with E-state index in [4.69, 9.17) is 10.1 Å². The normalized spacial score (nSPS) is 15.5. The molecule has 0 bridgehead atoms. The van der Waals surface area contributed by atoms with Crippen LogP contribution in [-0.4, -0.2) is 11.3 Å². The first kappa shape index (κ1) is 14.9. The Morgan fingerprint density at radius 3 is 2.00 bits per heavy atom. The first-order valence-corrected chi connectivity index (χ1v) is 8.58. The number of hydrazine groups is 1. The first-order chi connectivity index (χ1) is 11.7. The molecule has 1 aromatic heterocycles. The van der Waals surface area contributed by atoms with Crippen LogP contribution in [0.2, 0.25) is 0 Å². The number of aryl methyl sites for hydroxylation is 2. The van der Waals surface area contributed by atoms with Crippen LogP contribution in [0.3, 0.4) is 0 Å². The van der Waals surface area contributed by atoms with Gasteiger partial charge in [-0.1, -0.05) is 52.9 Å². The van der Waals surface area contributed by atoms with Crippen molar-refractivity contribution >= 4 is 34.2 Å². The molecular weight excluding hydrogens is 318 g/mol. The Labute approximate surface area is 145 Å². The molecule has 0 radical (unpaired) electrons. The zero-order valence-electron chi connectivity index (χ0n) is 13.5. The number of anilines is 1. The molecule has 0 saturated heterocycles. The van der Waals surface area contributed by atoms with Crippen LogP contribution in [0.1, 0.15) is 10.6 Å². The van der Waals surface area contributed by atoms with E-state index in [0.29, 0.717) is 0 Å². The average Bonchev–Trinajstić information content (AvgIpc) is 3.21. The van der Waals surface area contributed by atoms with Gasteiger partial charge in [0.25, 0.3) is 5.13 Å². The van der Waals surface area contributed by atoms with Gasteiger partial charge in [-0.15, -0.1) is 0 Å². The van der Waals surface area contributed by atoms with Crippen LogP contribution < -0.4 is 15.2 Å². The van der Waals surface area contributed by atoms with Gasteiger partial charge in [-0.25, -0.2) is 10.4 Å². The summed E-state index contributed by atoms with van der Waals surface area (Å²) in [6.07, 6.45) is 1.73. The Morgan fingerprint density at radius 1 is 0.917 bits per heavy atom. The Balaban J connectivity index is 1.94. The number of aromatic nitrogens is 1. The fraction of sp³-hybridized carbons (Fsp3) is 0.111. The summed E-state index contributed by atoms with van der Waals surface area (Å²) < 4.78 is 0.189. The van der Waals surface area contributed by atoms with Crippen LogP contribution >= 0.6 is 11.3 Å². The maximum atomic E-state index is 4.80. The van der Waals surface area contributed by atoms with Gasteiger partial charge >= 0.3 is 0 Å². The second-order valence-electron chi connectivity index (χ2n) is 5.60. The molecule has 5 nitrogen and oxygen atoms in total.